The van der Waals surface area contributed by atoms with Crippen LogP contribution in [0.15, 0.2) is 35.4 Å². The maximum absolute atomic E-state index is 12.5. The smallest absolute Gasteiger partial charge is 0.410 e. The Bertz CT molecular complexity index is 704. The summed E-state index contributed by atoms with van der Waals surface area (Å²) in [6.07, 6.45) is 0.928. The molecule has 0 spiro atoms. The predicted octanol–water partition coefficient (Wildman–Crippen LogP) is 1.12. The van der Waals surface area contributed by atoms with E-state index in [0.717, 1.165) is 5.56 Å². The van der Waals surface area contributed by atoms with Crippen molar-refractivity contribution in [3.05, 3.63) is 35.9 Å². The third-order valence-electron chi connectivity index (χ3n) is 4.40. The summed E-state index contributed by atoms with van der Waals surface area (Å²) in [4.78, 5) is 39.2. The van der Waals surface area contributed by atoms with Gasteiger partial charge in [-0.05, 0) is 12.0 Å². The van der Waals surface area contributed by atoms with Crippen molar-refractivity contribution in [1.82, 2.24) is 15.2 Å². The molecule has 8 heteroatoms. The van der Waals surface area contributed by atoms with Crippen molar-refractivity contribution in [2.45, 2.75) is 25.9 Å². The summed E-state index contributed by atoms with van der Waals surface area (Å²) >= 11 is 0. The topological polar surface area (TPSA) is 91.3 Å². The number of carbonyl (C=O) groups excluding carboxylic acids is 3. The predicted molar refractivity (Wildman–Crippen MR) is 94.2 cm³/mol. The highest BCUT2D eigenvalue weighted by Gasteiger charge is 2.27. The molecule has 0 saturated carbocycles. The van der Waals surface area contributed by atoms with Crippen molar-refractivity contribution >= 4 is 23.6 Å². The van der Waals surface area contributed by atoms with Gasteiger partial charge in [-0.15, -0.1) is 0 Å². The standard InChI is InChI=1S/C18H22N4O4/c23-16-8-7-15(19-20-16)17(24)21-9-4-10-22(12-11-21)18(25)26-13-14-5-2-1-3-6-14/h1-3,5-6H,4,7-13H2,(H,20,23). The molecule has 138 valence electrons. The molecule has 0 unspecified atom stereocenters. The van der Waals surface area contributed by atoms with Crippen LogP contribution in [0.2, 0.25) is 0 Å². The summed E-state index contributed by atoms with van der Waals surface area (Å²) in [5, 5.41) is 3.85. The fourth-order valence-corrected chi connectivity index (χ4v) is 2.92. The molecule has 26 heavy (non-hydrogen) atoms. The third kappa shape index (κ3) is 4.59. The second-order valence-corrected chi connectivity index (χ2v) is 6.27. The number of hydrogen-bond donors (Lipinski definition) is 1. The van der Waals surface area contributed by atoms with Crippen molar-refractivity contribution in [3.8, 4) is 0 Å². The number of hydrogen-bond acceptors (Lipinski definition) is 5. The Balaban J connectivity index is 1.50. The van der Waals surface area contributed by atoms with Crippen molar-refractivity contribution in [2.75, 3.05) is 26.2 Å². The molecule has 0 aliphatic carbocycles. The number of hydrazone groups is 1. The number of amides is 3. The van der Waals surface area contributed by atoms with Gasteiger partial charge in [-0.2, -0.15) is 5.10 Å². The van der Waals surface area contributed by atoms with E-state index in [9.17, 15) is 14.4 Å². The lowest BCUT2D eigenvalue weighted by atomic mass is 10.1. The summed E-state index contributed by atoms with van der Waals surface area (Å²) in [5.41, 5.74) is 3.64. The highest BCUT2D eigenvalue weighted by Crippen LogP contribution is 2.10. The molecule has 1 fully saturated rings. The van der Waals surface area contributed by atoms with Gasteiger partial charge in [0.15, 0.2) is 0 Å². The summed E-state index contributed by atoms with van der Waals surface area (Å²) in [6, 6.07) is 9.51. The number of nitrogens with zero attached hydrogens (tertiary/aromatic N) is 3. The van der Waals surface area contributed by atoms with E-state index in [1.165, 1.54) is 0 Å². The lowest BCUT2D eigenvalue weighted by Gasteiger charge is -2.23. The Hall–Kier alpha value is -2.90. The van der Waals surface area contributed by atoms with Gasteiger partial charge in [0, 0.05) is 39.0 Å². The average Bonchev–Trinajstić information content (AvgIpc) is 2.93. The molecule has 1 aromatic carbocycles. The lowest BCUT2D eigenvalue weighted by Crippen LogP contribution is -2.42. The molecule has 3 amide bonds. The summed E-state index contributed by atoms with van der Waals surface area (Å²) in [6.45, 7) is 2.16. The van der Waals surface area contributed by atoms with Crippen LogP contribution in [0.1, 0.15) is 24.8 Å². The molecule has 0 radical (unpaired) electrons. The van der Waals surface area contributed by atoms with E-state index in [1.807, 2.05) is 30.3 Å². The number of carbonyl (C=O) groups is 3. The van der Waals surface area contributed by atoms with E-state index in [-0.39, 0.29) is 30.9 Å². The molecule has 0 bridgehead atoms. The lowest BCUT2D eigenvalue weighted by molar-refractivity contribution is -0.124. The average molecular weight is 358 g/mol. The van der Waals surface area contributed by atoms with Crippen molar-refractivity contribution in [3.63, 3.8) is 0 Å². The number of ether oxygens (including phenoxy) is 1. The maximum Gasteiger partial charge on any atom is 0.410 e. The highest BCUT2D eigenvalue weighted by molar-refractivity contribution is 6.39. The van der Waals surface area contributed by atoms with Gasteiger partial charge in [0.25, 0.3) is 5.91 Å². The normalized spacial score (nSPS) is 17.8. The van der Waals surface area contributed by atoms with E-state index in [4.69, 9.17) is 4.74 Å². The van der Waals surface area contributed by atoms with Gasteiger partial charge in [0.1, 0.15) is 12.3 Å². The van der Waals surface area contributed by atoms with Gasteiger partial charge >= 0.3 is 6.09 Å². The van der Waals surface area contributed by atoms with Gasteiger partial charge in [-0.3, -0.25) is 9.59 Å². The van der Waals surface area contributed by atoms with Crippen LogP contribution in [-0.4, -0.2) is 59.6 Å². The van der Waals surface area contributed by atoms with Gasteiger partial charge in [-0.1, -0.05) is 30.3 Å². The molecule has 0 atom stereocenters. The van der Waals surface area contributed by atoms with Crippen molar-refractivity contribution in [1.29, 1.82) is 0 Å². The molecular formula is C18H22N4O4. The Morgan fingerprint density at radius 2 is 1.77 bits per heavy atom. The zero-order chi connectivity index (χ0) is 18.4. The maximum atomic E-state index is 12.5. The molecule has 0 aromatic heterocycles. The number of nitrogens with one attached hydrogen (secondary N) is 1. The largest absolute Gasteiger partial charge is 0.445 e. The Labute approximate surface area is 151 Å². The van der Waals surface area contributed by atoms with Crippen LogP contribution in [0.5, 0.6) is 0 Å². The first-order chi connectivity index (χ1) is 12.6. The molecular weight excluding hydrogens is 336 g/mol. The van der Waals surface area contributed by atoms with Crippen LogP contribution < -0.4 is 5.43 Å². The minimum atomic E-state index is -0.370. The van der Waals surface area contributed by atoms with Crippen molar-refractivity contribution < 1.29 is 19.1 Å². The first-order valence-corrected chi connectivity index (χ1v) is 8.74. The Morgan fingerprint density at radius 3 is 2.50 bits per heavy atom. The van der Waals surface area contributed by atoms with Gasteiger partial charge < -0.3 is 14.5 Å². The third-order valence-corrected chi connectivity index (χ3v) is 4.40. The fraction of sp³-hybridized carbons (Fsp3) is 0.444. The second-order valence-electron chi connectivity index (χ2n) is 6.27. The van der Waals surface area contributed by atoms with E-state index in [0.29, 0.717) is 44.7 Å². The minimum absolute atomic E-state index is 0.176. The van der Waals surface area contributed by atoms with E-state index >= 15 is 0 Å². The van der Waals surface area contributed by atoms with E-state index < -0.39 is 0 Å². The summed E-state index contributed by atoms with van der Waals surface area (Å²) in [7, 11) is 0. The SMILES string of the molecule is O=C1CCC(C(=O)N2CCCN(C(=O)OCc3ccccc3)CC2)=NN1. The van der Waals surface area contributed by atoms with E-state index in [2.05, 4.69) is 10.5 Å². The molecule has 1 aromatic rings. The van der Waals surface area contributed by atoms with Crippen LogP contribution >= 0.6 is 0 Å². The molecule has 2 aliphatic rings. The number of benzene rings is 1. The fourth-order valence-electron chi connectivity index (χ4n) is 2.92. The Kier molecular flexibility index (Phi) is 5.83. The van der Waals surface area contributed by atoms with Crippen molar-refractivity contribution in [2.24, 2.45) is 5.10 Å². The number of rotatable bonds is 3. The second kappa shape index (κ2) is 8.46. The van der Waals surface area contributed by atoms with Crippen LogP contribution in [0, 0.1) is 0 Å². The molecule has 8 nitrogen and oxygen atoms in total. The zero-order valence-corrected chi connectivity index (χ0v) is 14.5. The first kappa shape index (κ1) is 17.9. The summed E-state index contributed by atoms with van der Waals surface area (Å²) in [5.74, 6) is -0.353. The highest BCUT2D eigenvalue weighted by atomic mass is 16.6. The quantitative estimate of drug-likeness (QED) is 0.877. The minimum Gasteiger partial charge on any atom is -0.445 e. The first-order valence-electron chi connectivity index (χ1n) is 8.74. The van der Waals surface area contributed by atoms with Gasteiger partial charge in [0.2, 0.25) is 5.91 Å². The molecule has 1 saturated heterocycles. The molecule has 3 rings (SSSR count). The van der Waals surface area contributed by atoms with Crippen LogP contribution in [0.25, 0.3) is 0 Å². The summed E-state index contributed by atoms with van der Waals surface area (Å²) < 4.78 is 5.36. The zero-order valence-electron chi connectivity index (χ0n) is 14.5. The molecule has 2 aliphatic heterocycles. The van der Waals surface area contributed by atoms with E-state index in [1.54, 1.807) is 9.80 Å². The van der Waals surface area contributed by atoms with Gasteiger partial charge in [-0.25, -0.2) is 10.2 Å². The Morgan fingerprint density at radius 1 is 1.04 bits per heavy atom. The monoisotopic (exact) mass is 358 g/mol. The van der Waals surface area contributed by atoms with Crippen LogP contribution in [0.4, 0.5) is 4.79 Å². The van der Waals surface area contributed by atoms with Crippen LogP contribution in [-0.2, 0) is 20.9 Å². The molecule has 1 N–H and O–H groups in total. The van der Waals surface area contributed by atoms with Crippen LogP contribution in [0.3, 0.4) is 0 Å². The molecule has 2 heterocycles. The van der Waals surface area contributed by atoms with Gasteiger partial charge in [0.05, 0.1) is 0 Å².